The Morgan fingerprint density at radius 1 is 1.06 bits per heavy atom. The topological polar surface area (TPSA) is 95.5 Å². The fourth-order valence-corrected chi connectivity index (χ4v) is 5.87. The predicted molar refractivity (Wildman–Crippen MR) is 139 cm³/mol. The number of halogens is 1. The molecule has 0 fully saturated rings. The average Bonchev–Trinajstić information content (AvgIpc) is 2.85. The van der Waals surface area contributed by atoms with Gasteiger partial charge in [0.2, 0.25) is 10.0 Å². The number of aryl methyl sites for hydroxylation is 1. The number of thioether (sulfide) groups is 1. The molecule has 3 rings (SSSR count). The van der Waals surface area contributed by atoms with Crippen molar-refractivity contribution in [3.63, 3.8) is 0 Å². The molecule has 35 heavy (non-hydrogen) atoms. The molecule has 0 bridgehead atoms. The van der Waals surface area contributed by atoms with Gasteiger partial charge in [-0.15, -0.1) is 0 Å². The summed E-state index contributed by atoms with van der Waals surface area (Å²) in [4.78, 5) is 12.6. The second-order valence-corrected chi connectivity index (χ2v) is 11.5. The van der Waals surface area contributed by atoms with E-state index in [1.807, 2.05) is 24.5 Å². The Bertz CT molecular complexity index is 1300. The third kappa shape index (κ3) is 6.10. The van der Waals surface area contributed by atoms with Crippen molar-refractivity contribution in [1.29, 1.82) is 0 Å². The molecular formula is C26H29FN2O4S2. The van der Waals surface area contributed by atoms with Crippen molar-refractivity contribution in [1.82, 2.24) is 4.72 Å². The quantitative estimate of drug-likeness (QED) is 0.376. The predicted octanol–water partition coefficient (Wildman–Crippen LogP) is 4.91. The van der Waals surface area contributed by atoms with Crippen LogP contribution in [0.1, 0.15) is 41.4 Å². The van der Waals surface area contributed by atoms with Crippen molar-refractivity contribution in [3.8, 4) is 0 Å². The zero-order chi connectivity index (χ0) is 25.8. The number of nitrogens with one attached hydrogen (secondary N) is 2. The standard InChI is InChI=1S/C26H29FN2O4S2/c1-17-15-21(13-14-23(17)27)28-25(31)20-11-8-12-22(16-20)35(32,33)29-18(2)26(3,34-4)24(30)19-9-6-5-7-10-19/h5-16,18,24,29-30H,1-4H3,(H,28,31). The lowest BCUT2D eigenvalue weighted by atomic mass is 9.91. The maximum atomic E-state index is 13.5. The Labute approximate surface area is 210 Å². The molecule has 9 heteroatoms. The van der Waals surface area contributed by atoms with Gasteiger partial charge in [0.05, 0.1) is 15.7 Å². The summed E-state index contributed by atoms with van der Waals surface area (Å²) in [6, 6.07) is 18.3. The van der Waals surface area contributed by atoms with E-state index >= 15 is 0 Å². The minimum absolute atomic E-state index is 0.0788. The van der Waals surface area contributed by atoms with Crippen LogP contribution in [-0.4, -0.2) is 36.5 Å². The molecule has 1 amide bonds. The van der Waals surface area contributed by atoms with Gasteiger partial charge in [-0.05, 0) is 74.6 Å². The molecule has 0 aliphatic heterocycles. The van der Waals surface area contributed by atoms with Gasteiger partial charge in [-0.1, -0.05) is 36.4 Å². The molecule has 3 aromatic carbocycles. The van der Waals surface area contributed by atoms with E-state index in [1.165, 1.54) is 54.2 Å². The highest BCUT2D eigenvalue weighted by molar-refractivity contribution is 8.00. The van der Waals surface area contributed by atoms with Crippen molar-refractivity contribution in [2.45, 2.75) is 42.6 Å². The summed E-state index contributed by atoms with van der Waals surface area (Å²) < 4.78 is 41.7. The second-order valence-electron chi connectivity index (χ2n) is 8.49. The van der Waals surface area contributed by atoms with E-state index in [4.69, 9.17) is 0 Å². The number of aliphatic hydroxyl groups is 1. The van der Waals surface area contributed by atoms with Gasteiger partial charge in [0.25, 0.3) is 5.91 Å². The Morgan fingerprint density at radius 3 is 2.37 bits per heavy atom. The summed E-state index contributed by atoms with van der Waals surface area (Å²) in [7, 11) is -4.01. The van der Waals surface area contributed by atoms with Crippen LogP contribution in [0.2, 0.25) is 0 Å². The van der Waals surface area contributed by atoms with Gasteiger partial charge in [0.15, 0.2) is 0 Å². The van der Waals surface area contributed by atoms with Gasteiger partial charge < -0.3 is 10.4 Å². The van der Waals surface area contributed by atoms with Crippen molar-refractivity contribution < 1.29 is 22.7 Å². The fourth-order valence-electron chi connectivity index (χ4n) is 3.64. The normalized spacial score (nSPS) is 15.1. The molecule has 6 nitrogen and oxygen atoms in total. The third-order valence-corrected chi connectivity index (χ3v) is 9.11. The lowest BCUT2D eigenvalue weighted by molar-refractivity contribution is 0.102. The molecular weight excluding hydrogens is 487 g/mol. The van der Waals surface area contributed by atoms with Crippen LogP contribution in [0.4, 0.5) is 10.1 Å². The molecule has 3 atom stereocenters. The van der Waals surface area contributed by atoms with Crippen molar-refractivity contribution >= 4 is 33.4 Å². The number of carbonyl (C=O) groups is 1. The maximum absolute atomic E-state index is 13.5. The van der Waals surface area contributed by atoms with E-state index in [0.717, 1.165) is 0 Å². The zero-order valence-corrected chi connectivity index (χ0v) is 21.6. The first-order valence-electron chi connectivity index (χ1n) is 11.0. The number of rotatable bonds is 9. The zero-order valence-electron chi connectivity index (χ0n) is 19.9. The van der Waals surface area contributed by atoms with E-state index in [2.05, 4.69) is 10.0 Å². The number of anilines is 1. The van der Waals surface area contributed by atoms with Gasteiger partial charge in [-0.2, -0.15) is 11.8 Å². The first-order chi connectivity index (χ1) is 16.5. The number of aliphatic hydroxyl groups excluding tert-OH is 1. The Hall–Kier alpha value is -2.72. The van der Waals surface area contributed by atoms with Crippen molar-refractivity contribution in [2.24, 2.45) is 0 Å². The molecule has 186 valence electrons. The van der Waals surface area contributed by atoms with Crippen LogP contribution in [0.25, 0.3) is 0 Å². The molecule has 0 radical (unpaired) electrons. The summed E-state index contributed by atoms with van der Waals surface area (Å²) in [6.07, 6.45) is 0.895. The molecule has 3 aromatic rings. The van der Waals surface area contributed by atoms with E-state index in [9.17, 15) is 22.7 Å². The number of amides is 1. The molecule has 3 unspecified atom stereocenters. The highest BCUT2D eigenvalue weighted by Gasteiger charge is 2.40. The lowest BCUT2D eigenvalue weighted by Gasteiger charge is -2.38. The summed E-state index contributed by atoms with van der Waals surface area (Å²) in [6.45, 7) is 5.09. The van der Waals surface area contributed by atoms with Gasteiger partial charge in [-0.3, -0.25) is 4.79 Å². The number of hydrogen-bond acceptors (Lipinski definition) is 5. The highest BCUT2D eigenvalue weighted by atomic mass is 32.2. The fraction of sp³-hybridized carbons (Fsp3) is 0.269. The Kier molecular flexibility index (Phi) is 8.38. The van der Waals surface area contributed by atoms with Crippen LogP contribution < -0.4 is 10.0 Å². The number of benzene rings is 3. The van der Waals surface area contributed by atoms with Gasteiger partial charge in [0.1, 0.15) is 5.82 Å². The van der Waals surface area contributed by atoms with Crippen LogP contribution in [-0.2, 0) is 10.0 Å². The smallest absolute Gasteiger partial charge is 0.255 e. The lowest BCUT2D eigenvalue weighted by Crippen LogP contribution is -2.50. The Morgan fingerprint density at radius 2 is 1.74 bits per heavy atom. The molecule has 0 aliphatic carbocycles. The van der Waals surface area contributed by atoms with Crippen LogP contribution in [0.3, 0.4) is 0 Å². The van der Waals surface area contributed by atoms with Gasteiger partial charge >= 0.3 is 0 Å². The largest absolute Gasteiger partial charge is 0.387 e. The number of sulfonamides is 1. The monoisotopic (exact) mass is 516 g/mol. The van der Waals surface area contributed by atoms with E-state index in [1.54, 1.807) is 32.9 Å². The summed E-state index contributed by atoms with van der Waals surface area (Å²) in [5.41, 5.74) is 1.61. The molecule has 3 N–H and O–H groups in total. The maximum Gasteiger partial charge on any atom is 0.255 e. The molecule has 0 saturated heterocycles. The van der Waals surface area contributed by atoms with Crippen LogP contribution in [0, 0.1) is 12.7 Å². The number of hydrogen-bond donors (Lipinski definition) is 3. The minimum Gasteiger partial charge on any atom is -0.387 e. The van der Waals surface area contributed by atoms with E-state index in [0.29, 0.717) is 16.8 Å². The van der Waals surface area contributed by atoms with Crippen molar-refractivity contribution in [3.05, 3.63) is 95.3 Å². The molecule has 0 spiro atoms. The van der Waals surface area contributed by atoms with Crippen LogP contribution in [0.5, 0.6) is 0 Å². The summed E-state index contributed by atoms with van der Waals surface area (Å²) in [5, 5.41) is 13.7. The second kappa shape index (κ2) is 10.9. The summed E-state index contributed by atoms with van der Waals surface area (Å²) >= 11 is 1.36. The van der Waals surface area contributed by atoms with E-state index < -0.39 is 32.8 Å². The van der Waals surface area contributed by atoms with Crippen molar-refractivity contribution in [2.75, 3.05) is 11.6 Å². The molecule has 0 aliphatic rings. The number of carbonyl (C=O) groups excluding carboxylic acids is 1. The van der Waals surface area contributed by atoms with E-state index in [-0.39, 0.29) is 16.3 Å². The van der Waals surface area contributed by atoms with Gasteiger partial charge in [0, 0.05) is 17.3 Å². The molecule has 0 aromatic heterocycles. The molecule has 0 saturated carbocycles. The molecule has 0 heterocycles. The first kappa shape index (κ1) is 26.9. The SMILES string of the molecule is CSC(C)(C(C)NS(=O)(=O)c1cccc(C(=O)Nc2ccc(F)c(C)c2)c1)C(O)c1ccccc1. The Balaban J connectivity index is 1.80. The highest BCUT2D eigenvalue weighted by Crippen LogP contribution is 2.39. The van der Waals surface area contributed by atoms with Gasteiger partial charge in [-0.25, -0.2) is 17.5 Å². The average molecular weight is 517 g/mol. The first-order valence-corrected chi connectivity index (χ1v) is 13.7. The summed E-state index contributed by atoms with van der Waals surface area (Å²) in [5.74, 6) is -0.902. The van der Waals surface area contributed by atoms with Crippen LogP contribution in [0.15, 0.2) is 77.7 Å². The third-order valence-electron chi connectivity index (χ3n) is 6.11. The van der Waals surface area contributed by atoms with Crippen LogP contribution >= 0.6 is 11.8 Å². The minimum atomic E-state index is -4.01.